The number of carbonyl (C=O) groups excluding carboxylic acids is 1. The van der Waals surface area contributed by atoms with Gasteiger partial charge >= 0.3 is 0 Å². The second-order valence-electron chi connectivity index (χ2n) is 5.49. The summed E-state index contributed by atoms with van der Waals surface area (Å²) in [5.74, 6) is 0.773. The number of Topliss-reactive ketones (excluding diaryl/α,β-unsaturated/α-hetero) is 1. The van der Waals surface area contributed by atoms with Crippen LogP contribution in [0.25, 0.3) is 0 Å². The van der Waals surface area contributed by atoms with Gasteiger partial charge in [0.15, 0.2) is 16.8 Å². The number of hydrogen-bond donors (Lipinski definition) is 1. The third kappa shape index (κ3) is 2.18. The Morgan fingerprint density at radius 2 is 2.10 bits per heavy atom. The molecule has 0 aliphatic heterocycles. The molecule has 2 aromatic rings. The lowest BCUT2D eigenvalue weighted by Crippen LogP contribution is -2.13. The first-order valence-corrected chi connectivity index (χ1v) is 7.99. The van der Waals surface area contributed by atoms with Crippen LogP contribution >= 0.6 is 11.8 Å². The first-order chi connectivity index (χ1) is 10.3. The van der Waals surface area contributed by atoms with E-state index in [0.29, 0.717) is 11.9 Å². The van der Waals surface area contributed by atoms with Gasteiger partial charge in [-0.05, 0) is 24.8 Å². The number of thioether (sulfide) groups is 1. The van der Waals surface area contributed by atoms with Gasteiger partial charge in [-0.2, -0.15) is 0 Å². The SMILES string of the molecule is O=C1c2ccccc2CC1Sc1nnc(CO)n1C1CC1. The highest BCUT2D eigenvalue weighted by Gasteiger charge is 2.35. The molecule has 1 aromatic carbocycles. The maximum atomic E-state index is 12.4. The molecule has 108 valence electrons. The Kier molecular flexibility index (Phi) is 3.08. The van der Waals surface area contributed by atoms with Crippen molar-refractivity contribution in [2.24, 2.45) is 0 Å². The van der Waals surface area contributed by atoms with Crippen molar-refractivity contribution in [1.29, 1.82) is 0 Å². The van der Waals surface area contributed by atoms with Crippen LogP contribution in [0.1, 0.15) is 40.6 Å². The Bertz CT molecular complexity index is 709. The van der Waals surface area contributed by atoms with Gasteiger partial charge < -0.3 is 9.67 Å². The zero-order chi connectivity index (χ0) is 14.4. The van der Waals surface area contributed by atoms with Crippen molar-refractivity contribution in [3.8, 4) is 0 Å². The van der Waals surface area contributed by atoms with Crippen molar-refractivity contribution in [2.75, 3.05) is 0 Å². The fraction of sp³-hybridized carbons (Fsp3) is 0.400. The van der Waals surface area contributed by atoms with Gasteiger partial charge in [-0.15, -0.1) is 10.2 Å². The van der Waals surface area contributed by atoms with Gasteiger partial charge in [0.25, 0.3) is 0 Å². The first-order valence-electron chi connectivity index (χ1n) is 7.11. The zero-order valence-electron chi connectivity index (χ0n) is 11.4. The Morgan fingerprint density at radius 1 is 1.29 bits per heavy atom. The van der Waals surface area contributed by atoms with Gasteiger partial charge in [-0.1, -0.05) is 36.0 Å². The number of fused-ring (bicyclic) bond motifs is 1. The fourth-order valence-electron chi connectivity index (χ4n) is 2.82. The third-order valence-electron chi connectivity index (χ3n) is 4.02. The van der Waals surface area contributed by atoms with E-state index in [9.17, 15) is 9.90 Å². The lowest BCUT2D eigenvalue weighted by molar-refractivity contribution is 0.1000. The van der Waals surface area contributed by atoms with Crippen molar-refractivity contribution in [3.63, 3.8) is 0 Å². The normalized spacial score (nSPS) is 20.8. The van der Waals surface area contributed by atoms with E-state index >= 15 is 0 Å². The van der Waals surface area contributed by atoms with Gasteiger partial charge in [0, 0.05) is 11.6 Å². The summed E-state index contributed by atoms with van der Waals surface area (Å²) < 4.78 is 2.00. The maximum absolute atomic E-state index is 12.4. The van der Waals surface area contributed by atoms with Crippen LogP contribution in [0.2, 0.25) is 0 Å². The van der Waals surface area contributed by atoms with E-state index < -0.39 is 0 Å². The van der Waals surface area contributed by atoms with Crippen LogP contribution in [0.4, 0.5) is 0 Å². The second kappa shape index (κ2) is 4.96. The molecule has 1 atom stereocenters. The van der Waals surface area contributed by atoms with E-state index in [-0.39, 0.29) is 17.6 Å². The summed E-state index contributed by atoms with van der Waals surface area (Å²) in [7, 11) is 0. The summed E-state index contributed by atoms with van der Waals surface area (Å²) in [4.78, 5) is 12.4. The highest BCUT2D eigenvalue weighted by molar-refractivity contribution is 8.00. The summed E-state index contributed by atoms with van der Waals surface area (Å²) in [5.41, 5.74) is 1.94. The van der Waals surface area contributed by atoms with E-state index in [2.05, 4.69) is 10.2 Å². The summed E-state index contributed by atoms with van der Waals surface area (Å²) in [5, 5.41) is 18.2. The second-order valence-corrected chi connectivity index (χ2v) is 6.66. The van der Waals surface area contributed by atoms with E-state index in [4.69, 9.17) is 0 Å². The molecule has 1 aromatic heterocycles. The molecule has 1 N–H and O–H groups in total. The minimum absolute atomic E-state index is 0.108. The van der Waals surface area contributed by atoms with Gasteiger partial charge in [0.05, 0.1) is 5.25 Å². The molecule has 1 saturated carbocycles. The Hall–Kier alpha value is -1.66. The summed E-state index contributed by atoms with van der Waals surface area (Å²) in [6.45, 7) is -0.108. The van der Waals surface area contributed by atoms with Crippen LogP contribution in [0, 0.1) is 0 Å². The predicted octanol–water partition coefficient (Wildman–Crippen LogP) is 2.00. The third-order valence-corrected chi connectivity index (χ3v) is 5.17. The van der Waals surface area contributed by atoms with E-state index in [1.165, 1.54) is 11.8 Å². The number of aliphatic hydroxyl groups excluding tert-OH is 1. The lowest BCUT2D eigenvalue weighted by Gasteiger charge is -2.10. The Balaban J connectivity index is 1.61. The largest absolute Gasteiger partial charge is 0.388 e. The molecule has 1 fully saturated rings. The van der Waals surface area contributed by atoms with E-state index in [1.54, 1.807) is 0 Å². The van der Waals surface area contributed by atoms with Gasteiger partial charge in [-0.25, -0.2) is 0 Å². The molecule has 6 heteroatoms. The van der Waals surface area contributed by atoms with Crippen molar-refractivity contribution >= 4 is 17.5 Å². The molecular weight excluding hydrogens is 286 g/mol. The molecule has 0 bridgehead atoms. The highest BCUT2D eigenvalue weighted by Crippen LogP contribution is 2.41. The van der Waals surface area contributed by atoms with Crippen LogP contribution in [0.15, 0.2) is 29.4 Å². The molecule has 0 spiro atoms. The molecule has 0 saturated heterocycles. The van der Waals surface area contributed by atoms with Crippen molar-refractivity contribution in [1.82, 2.24) is 14.8 Å². The quantitative estimate of drug-likeness (QED) is 0.935. The van der Waals surface area contributed by atoms with Gasteiger partial charge in [0.1, 0.15) is 6.61 Å². The van der Waals surface area contributed by atoms with Crippen LogP contribution in [0.5, 0.6) is 0 Å². The molecule has 2 aliphatic rings. The zero-order valence-corrected chi connectivity index (χ0v) is 12.2. The number of nitrogens with zero attached hydrogens (tertiary/aromatic N) is 3. The molecule has 1 heterocycles. The number of hydrogen-bond acceptors (Lipinski definition) is 5. The van der Waals surface area contributed by atoms with Crippen LogP contribution in [0.3, 0.4) is 0 Å². The minimum Gasteiger partial charge on any atom is -0.388 e. The monoisotopic (exact) mass is 301 g/mol. The fourth-order valence-corrected chi connectivity index (χ4v) is 4.03. The van der Waals surface area contributed by atoms with Crippen molar-refractivity contribution in [2.45, 2.75) is 42.3 Å². The number of rotatable bonds is 4. The Morgan fingerprint density at radius 3 is 2.81 bits per heavy atom. The van der Waals surface area contributed by atoms with E-state index in [0.717, 1.165) is 35.5 Å². The topological polar surface area (TPSA) is 68.0 Å². The number of aliphatic hydroxyl groups is 1. The van der Waals surface area contributed by atoms with Crippen LogP contribution in [-0.4, -0.2) is 30.9 Å². The molecule has 21 heavy (non-hydrogen) atoms. The maximum Gasteiger partial charge on any atom is 0.192 e. The summed E-state index contributed by atoms with van der Waals surface area (Å²) >= 11 is 1.48. The number of ketones is 1. The molecule has 0 radical (unpaired) electrons. The number of aromatic nitrogens is 3. The average molecular weight is 301 g/mol. The van der Waals surface area contributed by atoms with Crippen LogP contribution in [-0.2, 0) is 13.0 Å². The molecule has 5 nitrogen and oxygen atoms in total. The summed E-state index contributed by atoms with van der Waals surface area (Å²) in [6, 6.07) is 8.17. The average Bonchev–Trinajstić information content (AvgIpc) is 3.19. The standard InChI is InChI=1S/C15H15N3O2S/c19-8-13-16-17-15(18(13)10-5-6-10)21-12-7-9-3-1-2-4-11(9)14(12)20/h1-4,10,12,19H,5-8H2. The minimum atomic E-state index is -0.129. The first kappa shape index (κ1) is 13.0. The molecule has 0 amide bonds. The molecule has 4 rings (SSSR count). The summed E-state index contributed by atoms with van der Waals surface area (Å²) in [6.07, 6.45) is 2.93. The van der Waals surface area contributed by atoms with Gasteiger partial charge in [0.2, 0.25) is 0 Å². The lowest BCUT2D eigenvalue weighted by atomic mass is 10.1. The van der Waals surface area contributed by atoms with Crippen molar-refractivity contribution < 1.29 is 9.90 Å². The predicted molar refractivity (Wildman–Crippen MR) is 78.3 cm³/mol. The highest BCUT2D eigenvalue weighted by atomic mass is 32.2. The number of carbonyl (C=O) groups is 1. The number of benzene rings is 1. The molecule has 2 aliphatic carbocycles. The smallest absolute Gasteiger partial charge is 0.192 e. The Labute approximate surface area is 126 Å². The van der Waals surface area contributed by atoms with E-state index in [1.807, 2.05) is 28.8 Å². The van der Waals surface area contributed by atoms with Gasteiger partial charge in [-0.3, -0.25) is 4.79 Å². The molecule has 1 unspecified atom stereocenters. The van der Waals surface area contributed by atoms with Crippen LogP contribution < -0.4 is 0 Å². The van der Waals surface area contributed by atoms with Crippen molar-refractivity contribution in [3.05, 3.63) is 41.2 Å². The molecular formula is C15H15N3O2S.